The van der Waals surface area contributed by atoms with Crippen LogP contribution in [0.1, 0.15) is 24.8 Å². The average Bonchev–Trinajstić information content (AvgIpc) is 3.24. The van der Waals surface area contributed by atoms with E-state index in [4.69, 9.17) is 9.47 Å². The molecule has 0 N–H and O–H groups in total. The lowest BCUT2D eigenvalue weighted by molar-refractivity contribution is -0.385. The zero-order valence-corrected chi connectivity index (χ0v) is 12.9. The second kappa shape index (κ2) is 6.62. The normalized spacial score (nSPS) is 21.3. The van der Waals surface area contributed by atoms with Crippen LogP contribution < -0.4 is 4.74 Å². The molecule has 6 heteroatoms. The van der Waals surface area contributed by atoms with Gasteiger partial charge in [0.1, 0.15) is 0 Å². The monoisotopic (exact) mass is 306 g/mol. The van der Waals surface area contributed by atoms with Gasteiger partial charge in [0.2, 0.25) is 0 Å². The minimum absolute atomic E-state index is 0.0416. The third kappa shape index (κ3) is 3.56. The smallest absolute Gasteiger partial charge is 0.311 e. The first-order valence-corrected chi connectivity index (χ1v) is 7.80. The lowest BCUT2D eigenvalue weighted by Gasteiger charge is -2.25. The molecular weight excluding hydrogens is 284 g/mol. The van der Waals surface area contributed by atoms with E-state index < -0.39 is 0 Å². The Hall–Kier alpha value is -1.66. The van der Waals surface area contributed by atoms with E-state index in [0.29, 0.717) is 17.7 Å². The van der Waals surface area contributed by atoms with Crippen molar-refractivity contribution in [1.29, 1.82) is 0 Å². The minimum Gasteiger partial charge on any atom is -0.490 e. The molecular formula is C16H22N2O4. The fourth-order valence-corrected chi connectivity index (χ4v) is 3.05. The van der Waals surface area contributed by atoms with Gasteiger partial charge in [-0.05, 0) is 36.8 Å². The van der Waals surface area contributed by atoms with Crippen molar-refractivity contribution in [3.8, 4) is 5.75 Å². The van der Waals surface area contributed by atoms with Gasteiger partial charge in [0.25, 0.3) is 0 Å². The molecule has 0 bridgehead atoms. The first-order chi connectivity index (χ1) is 10.7. The third-order valence-electron chi connectivity index (χ3n) is 4.41. The average molecular weight is 306 g/mol. The Bertz CT molecular complexity index is 539. The largest absolute Gasteiger partial charge is 0.490 e. The first-order valence-electron chi connectivity index (χ1n) is 7.80. The number of hydrogen-bond donors (Lipinski definition) is 0. The summed E-state index contributed by atoms with van der Waals surface area (Å²) >= 11 is 0. The van der Waals surface area contributed by atoms with Gasteiger partial charge < -0.3 is 9.47 Å². The van der Waals surface area contributed by atoms with Crippen LogP contribution in [0.5, 0.6) is 5.75 Å². The molecule has 1 unspecified atom stereocenters. The van der Waals surface area contributed by atoms with Gasteiger partial charge in [-0.3, -0.25) is 15.0 Å². The molecule has 1 aromatic carbocycles. The highest BCUT2D eigenvalue weighted by molar-refractivity contribution is 5.48. The summed E-state index contributed by atoms with van der Waals surface area (Å²) in [5.41, 5.74) is 1.01. The van der Waals surface area contributed by atoms with Gasteiger partial charge in [-0.2, -0.15) is 0 Å². The Labute approximate surface area is 130 Å². The van der Waals surface area contributed by atoms with E-state index in [9.17, 15) is 10.1 Å². The van der Waals surface area contributed by atoms with Gasteiger partial charge in [0, 0.05) is 31.8 Å². The standard InChI is InChI=1S/C16H22N2O4/c1-21-16-5-2-12(8-15(16)18(19)20)9-17(14-3-4-14)10-13-6-7-22-11-13/h2,5,8,13-14H,3-4,6-7,9-11H2,1H3. The van der Waals surface area contributed by atoms with Gasteiger partial charge in [-0.1, -0.05) is 6.07 Å². The number of methoxy groups -OCH3 is 1. The van der Waals surface area contributed by atoms with Crippen LogP contribution in [0.2, 0.25) is 0 Å². The highest BCUT2D eigenvalue weighted by Crippen LogP contribution is 2.32. The number of hydrogen-bond acceptors (Lipinski definition) is 5. The summed E-state index contributed by atoms with van der Waals surface area (Å²) < 4.78 is 10.5. The molecule has 3 rings (SSSR count). The minimum atomic E-state index is -0.380. The summed E-state index contributed by atoms with van der Waals surface area (Å²) in [5.74, 6) is 0.907. The predicted molar refractivity (Wildman–Crippen MR) is 82.0 cm³/mol. The predicted octanol–water partition coefficient (Wildman–Crippen LogP) is 2.60. The second-order valence-electron chi connectivity index (χ2n) is 6.15. The molecule has 1 aliphatic carbocycles. The molecule has 1 atom stereocenters. The first kappa shape index (κ1) is 15.2. The molecule has 22 heavy (non-hydrogen) atoms. The molecule has 1 aliphatic heterocycles. The van der Waals surface area contributed by atoms with Crippen molar-refractivity contribution in [2.45, 2.75) is 31.8 Å². The molecule has 1 heterocycles. The van der Waals surface area contributed by atoms with Crippen LogP contribution >= 0.6 is 0 Å². The number of nitro benzene ring substituents is 1. The summed E-state index contributed by atoms with van der Waals surface area (Å²) in [6.45, 7) is 3.47. The van der Waals surface area contributed by atoms with Crippen LogP contribution in [0.3, 0.4) is 0 Å². The molecule has 0 aromatic heterocycles. The van der Waals surface area contributed by atoms with Crippen molar-refractivity contribution in [2.24, 2.45) is 5.92 Å². The Morgan fingerprint density at radius 2 is 2.23 bits per heavy atom. The molecule has 1 saturated carbocycles. The lowest BCUT2D eigenvalue weighted by atomic mass is 10.1. The van der Waals surface area contributed by atoms with Crippen LogP contribution in [-0.4, -0.2) is 42.7 Å². The van der Waals surface area contributed by atoms with E-state index >= 15 is 0 Å². The van der Waals surface area contributed by atoms with Gasteiger partial charge >= 0.3 is 5.69 Å². The lowest BCUT2D eigenvalue weighted by Crippen LogP contribution is -2.31. The Morgan fingerprint density at radius 3 is 2.82 bits per heavy atom. The van der Waals surface area contributed by atoms with Crippen molar-refractivity contribution >= 4 is 5.69 Å². The van der Waals surface area contributed by atoms with Crippen LogP contribution in [0.25, 0.3) is 0 Å². The molecule has 0 amide bonds. The van der Waals surface area contributed by atoms with Gasteiger partial charge in [0.15, 0.2) is 5.75 Å². The van der Waals surface area contributed by atoms with E-state index in [1.165, 1.54) is 20.0 Å². The summed E-state index contributed by atoms with van der Waals surface area (Å²) in [6, 6.07) is 5.88. The zero-order valence-electron chi connectivity index (χ0n) is 12.9. The number of nitrogens with zero attached hydrogens (tertiary/aromatic N) is 2. The van der Waals surface area contributed by atoms with Crippen LogP contribution in [0.15, 0.2) is 18.2 Å². The van der Waals surface area contributed by atoms with E-state index in [1.807, 2.05) is 6.07 Å². The van der Waals surface area contributed by atoms with Crippen LogP contribution in [0, 0.1) is 16.0 Å². The molecule has 1 aromatic rings. The molecule has 6 nitrogen and oxygen atoms in total. The third-order valence-corrected chi connectivity index (χ3v) is 4.41. The maximum absolute atomic E-state index is 11.1. The van der Waals surface area contributed by atoms with E-state index in [0.717, 1.165) is 38.3 Å². The molecule has 120 valence electrons. The number of rotatable bonds is 7. The number of benzene rings is 1. The van der Waals surface area contributed by atoms with E-state index in [1.54, 1.807) is 12.1 Å². The van der Waals surface area contributed by atoms with Crippen LogP contribution in [-0.2, 0) is 11.3 Å². The molecule has 0 spiro atoms. The summed E-state index contributed by atoms with van der Waals surface area (Å²) in [6.07, 6.45) is 3.57. The summed E-state index contributed by atoms with van der Waals surface area (Å²) in [7, 11) is 1.46. The maximum Gasteiger partial charge on any atom is 0.311 e. The van der Waals surface area contributed by atoms with E-state index in [-0.39, 0.29) is 10.6 Å². The molecule has 2 fully saturated rings. The zero-order chi connectivity index (χ0) is 15.5. The summed E-state index contributed by atoms with van der Waals surface area (Å²) in [5, 5.41) is 11.1. The maximum atomic E-state index is 11.1. The van der Waals surface area contributed by atoms with Crippen molar-refractivity contribution in [2.75, 3.05) is 26.9 Å². The quantitative estimate of drug-likeness (QED) is 0.572. The van der Waals surface area contributed by atoms with Gasteiger partial charge in [-0.25, -0.2) is 0 Å². The SMILES string of the molecule is COc1ccc(CN(CC2CCOC2)C2CC2)cc1[N+](=O)[O-]. The Balaban J connectivity index is 1.71. The van der Waals surface area contributed by atoms with Crippen LogP contribution in [0.4, 0.5) is 5.69 Å². The van der Waals surface area contributed by atoms with Crippen molar-refractivity contribution in [3.63, 3.8) is 0 Å². The summed E-state index contributed by atoms with van der Waals surface area (Å²) in [4.78, 5) is 13.2. The molecule has 1 saturated heterocycles. The Morgan fingerprint density at radius 1 is 1.41 bits per heavy atom. The topological polar surface area (TPSA) is 64.8 Å². The molecule has 0 radical (unpaired) electrons. The van der Waals surface area contributed by atoms with Crippen molar-refractivity contribution in [3.05, 3.63) is 33.9 Å². The van der Waals surface area contributed by atoms with Gasteiger partial charge in [-0.15, -0.1) is 0 Å². The van der Waals surface area contributed by atoms with Gasteiger partial charge in [0.05, 0.1) is 18.6 Å². The number of nitro groups is 1. The Kier molecular flexibility index (Phi) is 4.59. The highest BCUT2D eigenvalue weighted by atomic mass is 16.6. The number of ether oxygens (including phenoxy) is 2. The fraction of sp³-hybridized carbons (Fsp3) is 0.625. The van der Waals surface area contributed by atoms with Crippen molar-refractivity contribution in [1.82, 2.24) is 4.90 Å². The second-order valence-corrected chi connectivity index (χ2v) is 6.15. The van der Waals surface area contributed by atoms with E-state index in [2.05, 4.69) is 4.90 Å². The highest BCUT2D eigenvalue weighted by Gasteiger charge is 2.32. The fourth-order valence-electron chi connectivity index (χ4n) is 3.05. The molecule has 2 aliphatic rings. The van der Waals surface area contributed by atoms with Crippen molar-refractivity contribution < 1.29 is 14.4 Å².